The van der Waals surface area contributed by atoms with Gasteiger partial charge in [-0.05, 0) is 25.7 Å². The molecule has 1 aromatic heterocycles. The number of aryl methyl sites for hydroxylation is 1. The lowest BCUT2D eigenvalue weighted by atomic mass is 9.99. The molecule has 3 heteroatoms. The quantitative estimate of drug-likeness (QED) is 0.752. The summed E-state index contributed by atoms with van der Waals surface area (Å²) >= 11 is 0. The first-order valence-electron chi connectivity index (χ1n) is 4.90. The van der Waals surface area contributed by atoms with Gasteiger partial charge in [0.1, 0.15) is 5.82 Å². The number of aromatic nitrogens is 2. The molecule has 3 nitrogen and oxygen atoms in total. The lowest BCUT2D eigenvalue weighted by Gasteiger charge is -2.06. The molecule has 1 unspecified atom stereocenters. The van der Waals surface area contributed by atoms with E-state index < -0.39 is 0 Å². The number of anilines is 1. The van der Waals surface area contributed by atoms with Crippen molar-refractivity contribution in [3.05, 3.63) is 11.3 Å². The maximum Gasteiger partial charge on any atom is 0.124 e. The molecule has 1 aliphatic carbocycles. The fourth-order valence-electron chi connectivity index (χ4n) is 1.92. The Bertz CT molecular complexity index is 323. The van der Waals surface area contributed by atoms with E-state index in [-0.39, 0.29) is 0 Å². The molecule has 1 atom stereocenters. The Balaban J connectivity index is 2.33. The Kier molecular flexibility index (Phi) is 1.82. The first-order chi connectivity index (χ1) is 6.11. The zero-order chi connectivity index (χ0) is 9.59. The maximum absolute atomic E-state index is 5.86. The van der Waals surface area contributed by atoms with Crippen LogP contribution in [-0.4, -0.2) is 9.78 Å². The summed E-state index contributed by atoms with van der Waals surface area (Å²) < 4.78 is 1.78. The molecule has 0 saturated heterocycles. The van der Waals surface area contributed by atoms with Gasteiger partial charge in [0, 0.05) is 18.5 Å². The number of nitrogens with two attached hydrogens (primary N) is 1. The molecule has 0 bridgehead atoms. The van der Waals surface area contributed by atoms with E-state index >= 15 is 0 Å². The molecule has 0 amide bonds. The number of nitrogen functional groups attached to an aromatic ring is 1. The molecule has 13 heavy (non-hydrogen) atoms. The molecule has 2 rings (SSSR count). The van der Waals surface area contributed by atoms with Gasteiger partial charge in [-0.1, -0.05) is 6.92 Å². The van der Waals surface area contributed by atoms with E-state index in [1.807, 2.05) is 7.05 Å². The van der Waals surface area contributed by atoms with Crippen LogP contribution in [0.3, 0.4) is 0 Å². The van der Waals surface area contributed by atoms with E-state index in [4.69, 9.17) is 5.73 Å². The maximum atomic E-state index is 5.86. The van der Waals surface area contributed by atoms with Gasteiger partial charge >= 0.3 is 0 Å². The number of nitrogens with zero attached hydrogens (tertiary/aromatic N) is 2. The molecule has 1 aromatic rings. The third kappa shape index (κ3) is 1.32. The number of hydrogen-bond acceptors (Lipinski definition) is 2. The van der Waals surface area contributed by atoms with Crippen molar-refractivity contribution in [2.75, 3.05) is 5.73 Å². The van der Waals surface area contributed by atoms with Crippen molar-refractivity contribution in [2.45, 2.75) is 32.6 Å². The van der Waals surface area contributed by atoms with Gasteiger partial charge in [-0.3, -0.25) is 4.68 Å². The van der Waals surface area contributed by atoms with Crippen molar-refractivity contribution in [1.82, 2.24) is 9.78 Å². The smallest absolute Gasteiger partial charge is 0.124 e. The molecule has 0 aromatic carbocycles. The molecule has 1 heterocycles. The normalized spacial score (nSPS) is 19.0. The summed E-state index contributed by atoms with van der Waals surface area (Å²) in [7, 11) is 1.91. The highest BCUT2D eigenvalue weighted by molar-refractivity contribution is 5.43. The average Bonchev–Trinajstić information content (AvgIpc) is 2.89. The van der Waals surface area contributed by atoms with Crippen LogP contribution in [0.25, 0.3) is 0 Å². The molecule has 0 spiro atoms. The van der Waals surface area contributed by atoms with Crippen LogP contribution in [-0.2, 0) is 7.05 Å². The highest BCUT2D eigenvalue weighted by Crippen LogP contribution is 2.43. The van der Waals surface area contributed by atoms with E-state index in [1.54, 1.807) is 4.68 Å². The minimum atomic E-state index is 0.587. The summed E-state index contributed by atoms with van der Waals surface area (Å²) in [6.45, 7) is 4.32. The monoisotopic (exact) mass is 179 g/mol. The molecule has 2 N–H and O–H groups in total. The van der Waals surface area contributed by atoms with Gasteiger partial charge in [0.2, 0.25) is 0 Å². The summed E-state index contributed by atoms with van der Waals surface area (Å²) in [4.78, 5) is 0. The van der Waals surface area contributed by atoms with Crippen molar-refractivity contribution >= 4 is 5.82 Å². The van der Waals surface area contributed by atoms with Crippen molar-refractivity contribution in [3.63, 3.8) is 0 Å². The lowest BCUT2D eigenvalue weighted by Crippen LogP contribution is -1.99. The second-order valence-corrected chi connectivity index (χ2v) is 4.15. The second-order valence-electron chi connectivity index (χ2n) is 4.15. The standard InChI is InChI=1S/C10H17N3/c1-6(8-4-5-8)9-7(2)10(11)13(3)12-9/h6,8H,4-5,11H2,1-3H3. The predicted molar refractivity (Wildman–Crippen MR) is 53.5 cm³/mol. The minimum absolute atomic E-state index is 0.587. The molecular formula is C10H17N3. The fourth-order valence-corrected chi connectivity index (χ4v) is 1.92. The third-order valence-corrected chi connectivity index (χ3v) is 3.14. The molecular weight excluding hydrogens is 162 g/mol. The Morgan fingerprint density at radius 2 is 2.15 bits per heavy atom. The summed E-state index contributed by atoms with van der Waals surface area (Å²) in [6.07, 6.45) is 2.72. The number of rotatable bonds is 2. The zero-order valence-electron chi connectivity index (χ0n) is 8.54. The fraction of sp³-hybridized carbons (Fsp3) is 0.700. The molecule has 0 radical (unpaired) electrons. The first kappa shape index (κ1) is 8.60. The minimum Gasteiger partial charge on any atom is -0.384 e. The second kappa shape index (κ2) is 2.76. The zero-order valence-corrected chi connectivity index (χ0v) is 8.54. The molecule has 1 saturated carbocycles. The predicted octanol–water partition coefficient (Wildman–Crippen LogP) is 1.82. The van der Waals surface area contributed by atoms with Crippen LogP contribution < -0.4 is 5.73 Å². The summed E-state index contributed by atoms with van der Waals surface area (Å²) in [6, 6.07) is 0. The van der Waals surface area contributed by atoms with E-state index in [0.717, 1.165) is 11.7 Å². The molecule has 1 aliphatic rings. The van der Waals surface area contributed by atoms with Crippen molar-refractivity contribution < 1.29 is 0 Å². The van der Waals surface area contributed by atoms with Gasteiger partial charge in [0.25, 0.3) is 0 Å². The van der Waals surface area contributed by atoms with Crippen LogP contribution in [0.4, 0.5) is 5.82 Å². The Labute approximate surface area is 78.9 Å². The van der Waals surface area contributed by atoms with Crippen LogP contribution in [0, 0.1) is 12.8 Å². The van der Waals surface area contributed by atoms with Gasteiger partial charge in [-0.25, -0.2) is 0 Å². The summed E-state index contributed by atoms with van der Waals surface area (Å²) in [5.41, 5.74) is 8.23. The van der Waals surface area contributed by atoms with Gasteiger partial charge in [0.05, 0.1) is 5.69 Å². The van der Waals surface area contributed by atoms with E-state index in [9.17, 15) is 0 Å². The van der Waals surface area contributed by atoms with Gasteiger partial charge in [-0.15, -0.1) is 0 Å². The Hall–Kier alpha value is -0.990. The Morgan fingerprint density at radius 1 is 1.54 bits per heavy atom. The Morgan fingerprint density at radius 3 is 2.54 bits per heavy atom. The first-order valence-corrected chi connectivity index (χ1v) is 4.90. The van der Waals surface area contributed by atoms with E-state index in [1.165, 1.54) is 24.1 Å². The van der Waals surface area contributed by atoms with E-state index in [0.29, 0.717) is 5.92 Å². The summed E-state index contributed by atoms with van der Waals surface area (Å²) in [5, 5.41) is 4.46. The van der Waals surface area contributed by atoms with Crippen LogP contribution in [0.5, 0.6) is 0 Å². The van der Waals surface area contributed by atoms with Crippen molar-refractivity contribution in [3.8, 4) is 0 Å². The SMILES string of the molecule is Cc1c(C(C)C2CC2)nn(C)c1N. The van der Waals surface area contributed by atoms with Gasteiger partial charge < -0.3 is 5.73 Å². The van der Waals surface area contributed by atoms with Crippen LogP contribution in [0.15, 0.2) is 0 Å². The van der Waals surface area contributed by atoms with E-state index in [2.05, 4.69) is 18.9 Å². The van der Waals surface area contributed by atoms with Crippen LogP contribution in [0.2, 0.25) is 0 Å². The lowest BCUT2D eigenvalue weighted by molar-refractivity contribution is 0.619. The third-order valence-electron chi connectivity index (χ3n) is 3.14. The highest BCUT2D eigenvalue weighted by atomic mass is 15.3. The molecule has 0 aliphatic heterocycles. The van der Waals surface area contributed by atoms with Crippen molar-refractivity contribution in [2.24, 2.45) is 13.0 Å². The van der Waals surface area contributed by atoms with Crippen LogP contribution in [0.1, 0.15) is 36.9 Å². The molecule has 72 valence electrons. The van der Waals surface area contributed by atoms with Crippen molar-refractivity contribution in [1.29, 1.82) is 0 Å². The van der Waals surface area contributed by atoms with Crippen LogP contribution >= 0.6 is 0 Å². The number of hydrogen-bond donors (Lipinski definition) is 1. The highest BCUT2D eigenvalue weighted by Gasteiger charge is 2.31. The summed E-state index contributed by atoms with van der Waals surface area (Å²) in [5.74, 6) is 2.25. The van der Waals surface area contributed by atoms with Gasteiger partial charge in [0.15, 0.2) is 0 Å². The molecule has 1 fully saturated rings. The average molecular weight is 179 g/mol. The topological polar surface area (TPSA) is 43.8 Å². The van der Waals surface area contributed by atoms with Gasteiger partial charge in [-0.2, -0.15) is 5.10 Å². The largest absolute Gasteiger partial charge is 0.384 e.